The fraction of sp³-hybridized carbons (Fsp3) is 0.583. The van der Waals surface area contributed by atoms with Gasteiger partial charge in [0, 0.05) is 18.4 Å². The summed E-state index contributed by atoms with van der Waals surface area (Å²) in [5.41, 5.74) is 0.482. The standard InChI is InChI=1S/C12H19N5O/c1-9(2)14-6-10(3)8-17-12(18)16-5-4-13-7-11(16)15-17/h4-5,7,9-10,14H,6,8H2,1-3H3. The average molecular weight is 249 g/mol. The first kappa shape index (κ1) is 12.8. The van der Waals surface area contributed by atoms with E-state index < -0.39 is 0 Å². The number of aromatic nitrogens is 4. The molecule has 6 heteroatoms. The van der Waals surface area contributed by atoms with Gasteiger partial charge in [0.2, 0.25) is 0 Å². The molecule has 2 heterocycles. The van der Waals surface area contributed by atoms with E-state index in [0.29, 0.717) is 24.2 Å². The summed E-state index contributed by atoms with van der Waals surface area (Å²) in [5.74, 6) is 0.350. The minimum absolute atomic E-state index is 0.108. The fourth-order valence-corrected chi connectivity index (χ4v) is 1.80. The molecule has 0 aromatic carbocycles. The van der Waals surface area contributed by atoms with Crippen LogP contribution in [0.1, 0.15) is 20.8 Å². The highest BCUT2D eigenvalue weighted by Crippen LogP contribution is 1.99. The Kier molecular flexibility index (Phi) is 3.76. The summed E-state index contributed by atoms with van der Waals surface area (Å²) in [6.07, 6.45) is 4.82. The third-order valence-electron chi connectivity index (χ3n) is 2.75. The average Bonchev–Trinajstić information content (AvgIpc) is 2.65. The molecule has 2 rings (SSSR count). The molecule has 6 nitrogen and oxygen atoms in total. The first-order chi connectivity index (χ1) is 8.58. The topological polar surface area (TPSA) is 64.2 Å². The third kappa shape index (κ3) is 2.76. The number of rotatable bonds is 5. The number of hydrogen-bond acceptors (Lipinski definition) is 4. The van der Waals surface area contributed by atoms with Crippen LogP contribution in [0, 0.1) is 5.92 Å². The minimum atomic E-state index is -0.108. The van der Waals surface area contributed by atoms with Gasteiger partial charge in [-0.15, -0.1) is 5.10 Å². The van der Waals surface area contributed by atoms with Crippen LogP contribution < -0.4 is 11.0 Å². The van der Waals surface area contributed by atoms with Crippen molar-refractivity contribution in [1.29, 1.82) is 0 Å². The predicted octanol–water partition coefficient (Wildman–Crippen LogP) is 0.525. The van der Waals surface area contributed by atoms with E-state index in [1.54, 1.807) is 18.6 Å². The van der Waals surface area contributed by atoms with Crippen molar-refractivity contribution < 1.29 is 0 Å². The van der Waals surface area contributed by atoms with Gasteiger partial charge in [0.25, 0.3) is 0 Å². The molecule has 0 aliphatic carbocycles. The molecule has 2 aromatic heterocycles. The van der Waals surface area contributed by atoms with Crippen LogP contribution in [0.5, 0.6) is 0 Å². The van der Waals surface area contributed by atoms with Crippen LogP contribution in [-0.4, -0.2) is 31.8 Å². The second kappa shape index (κ2) is 5.30. The lowest BCUT2D eigenvalue weighted by Gasteiger charge is -2.13. The molecule has 0 saturated heterocycles. The molecule has 18 heavy (non-hydrogen) atoms. The van der Waals surface area contributed by atoms with Crippen molar-refractivity contribution >= 4 is 5.65 Å². The van der Waals surface area contributed by atoms with Gasteiger partial charge in [0.15, 0.2) is 5.65 Å². The van der Waals surface area contributed by atoms with Gasteiger partial charge in [-0.05, 0) is 12.5 Å². The lowest BCUT2D eigenvalue weighted by Crippen LogP contribution is -2.32. The molecule has 98 valence electrons. The highest BCUT2D eigenvalue weighted by Gasteiger charge is 2.10. The van der Waals surface area contributed by atoms with Gasteiger partial charge in [-0.25, -0.2) is 13.9 Å². The predicted molar refractivity (Wildman–Crippen MR) is 69.5 cm³/mol. The Morgan fingerprint density at radius 2 is 2.17 bits per heavy atom. The van der Waals surface area contributed by atoms with Crippen LogP contribution >= 0.6 is 0 Å². The summed E-state index contributed by atoms with van der Waals surface area (Å²) in [7, 11) is 0. The van der Waals surface area contributed by atoms with E-state index in [1.807, 2.05) is 0 Å². The highest BCUT2D eigenvalue weighted by atomic mass is 16.2. The van der Waals surface area contributed by atoms with Crippen molar-refractivity contribution in [3.63, 3.8) is 0 Å². The van der Waals surface area contributed by atoms with E-state index in [1.165, 1.54) is 9.08 Å². The van der Waals surface area contributed by atoms with Crippen LogP contribution in [-0.2, 0) is 6.54 Å². The molecule has 1 unspecified atom stereocenters. The van der Waals surface area contributed by atoms with E-state index in [2.05, 4.69) is 36.2 Å². The number of nitrogens with one attached hydrogen (secondary N) is 1. The molecule has 0 radical (unpaired) electrons. The molecular formula is C12H19N5O. The van der Waals surface area contributed by atoms with Gasteiger partial charge in [0.1, 0.15) is 0 Å². The summed E-state index contributed by atoms with van der Waals surface area (Å²) >= 11 is 0. The summed E-state index contributed by atoms with van der Waals surface area (Å²) in [6, 6.07) is 0.453. The molecule has 0 spiro atoms. The van der Waals surface area contributed by atoms with Crippen LogP contribution in [0.3, 0.4) is 0 Å². The lowest BCUT2D eigenvalue weighted by atomic mass is 10.2. The molecule has 1 N–H and O–H groups in total. The maximum Gasteiger partial charge on any atom is 0.350 e. The maximum atomic E-state index is 12.0. The lowest BCUT2D eigenvalue weighted by molar-refractivity contribution is 0.400. The normalized spacial score (nSPS) is 13.3. The van der Waals surface area contributed by atoms with Gasteiger partial charge in [-0.2, -0.15) is 0 Å². The Morgan fingerprint density at radius 1 is 1.39 bits per heavy atom. The zero-order valence-electron chi connectivity index (χ0n) is 11.0. The summed E-state index contributed by atoms with van der Waals surface area (Å²) in [6.45, 7) is 7.80. The van der Waals surface area contributed by atoms with Crippen molar-refractivity contribution in [2.24, 2.45) is 5.92 Å². The zero-order chi connectivity index (χ0) is 13.1. The van der Waals surface area contributed by atoms with Crippen LogP contribution in [0.2, 0.25) is 0 Å². The van der Waals surface area contributed by atoms with Gasteiger partial charge in [-0.3, -0.25) is 4.98 Å². The summed E-state index contributed by atoms with van der Waals surface area (Å²) in [4.78, 5) is 16.0. The zero-order valence-corrected chi connectivity index (χ0v) is 11.0. The molecule has 0 saturated carbocycles. The van der Waals surface area contributed by atoms with Crippen LogP contribution in [0.15, 0.2) is 23.4 Å². The second-order valence-corrected chi connectivity index (χ2v) is 4.94. The van der Waals surface area contributed by atoms with Gasteiger partial charge in [-0.1, -0.05) is 20.8 Å². The van der Waals surface area contributed by atoms with Gasteiger partial charge >= 0.3 is 5.69 Å². The molecule has 0 fully saturated rings. The van der Waals surface area contributed by atoms with Crippen molar-refractivity contribution in [1.82, 2.24) is 24.5 Å². The molecule has 1 atom stereocenters. The van der Waals surface area contributed by atoms with Crippen LogP contribution in [0.4, 0.5) is 0 Å². The second-order valence-electron chi connectivity index (χ2n) is 4.94. The van der Waals surface area contributed by atoms with E-state index >= 15 is 0 Å². The number of hydrogen-bond donors (Lipinski definition) is 1. The van der Waals surface area contributed by atoms with E-state index in [4.69, 9.17) is 0 Å². The largest absolute Gasteiger partial charge is 0.350 e. The molecule has 2 aromatic rings. The molecule has 0 amide bonds. The number of fused-ring (bicyclic) bond motifs is 1. The summed E-state index contributed by atoms with van der Waals surface area (Å²) < 4.78 is 3.01. The Labute approximate surface area is 106 Å². The Morgan fingerprint density at radius 3 is 2.83 bits per heavy atom. The monoisotopic (exact) mass is 249 g/mol. The minimum Gasteiger partial charge on any atom is -0.314 e. The number of nitrogens with zero attached hydrogens (tertiary/aromatic N) is 4. The van der Waals surface area contributed by atoms with Gasteiger partial charge < -0.3 is 5.32 Å². The van der Waals surface area contributed by atoms with Crippen molar-refractivity contribution in [2.45, 2.75) is 33.4 Å². The summed E-state index contributed by atoms with van der Waals surface area (Å²) in [5, 5.41) is 7.61. The Balaban J connectivity index is 2.12. The van der Waals surface area contributed by atoms with E-state index in [-0.39, 0.29) is 5.69 Å². The van der Waals surface area contributed by atoms with E-state index in [9.17, 15) is 4.79 Å². The van der Waals surface area contributed by atoms with Crippen molar-refractivity contribution in [3.05, 3.63) is 29.1 Å². The smallest absolute Gasteiger partial charge is 0.314 e. The molecule has 0 bridgehead atoms. The quantitative estimate of drug-likeness (QED) is 0.839. The molecule has 0 aliphatic rings. The van der Waals surface area contributed by atoms with Gasteiger partial charge in [0.05, 0.1) is 12.7 Å². The van der Waals surface area contributed by atoms with Crippen molar-refractivity contribution in [2.75, 3.05) is 6.54 Å². The first-order valence-electron chi connectivity index (χ1n) is 6.20. The first-order valence-corrected chi connectivity index (χ1v) is 6.20. The highest BCUT2D eigenvalue weighted by molar-refractivity contribution is 5.31. The fourth-order valence-electron chi connectivity index (χ4n) is 1.80. The van der Waals surface area contributed by atoms with E-state index in [0.717, 1.165) is 6.54 Å². The third-order valence-corrected chi connectivity index (χ3v) is 2.75. The molecule has 0 aliphatic heterocycles. The molecular weight excluding hydrogens is 230 g/mol. The SMILES string of the molecule is CC(CNC(C)C)Cn1nc2cnccn2c1=O. The Hall–Kier alpha value is -1.69. The van der Waals surface area contributed by atoms with Crippen LogP contribution in [0.25, 0.3) is 5.65 Å². The Bertz CT molecular complexity index is 571. The van der Waals surface area contributed by atoms with Crippen molar-refractivity contribution in [3.8, 4) is 0 Å². The maximum absolute atomic E-state index is 12.0.